The number of hydrogen-bond donors (Lipinski definition) is 1. The third-order valence-corrected chi connectivity index (χ3v) is 4.21. The fourth-order valence-electron chi connectivity index (χ4n) is 2.39. The van der Waals surface area contributed by atoms with Crippen LogP contribution in [-0.2, 0) is 23.7 Å². The normalized spacial score (nSPS) is 25.7. The van der Waals surface area contributed by atoms with Crippen LogP contribution in [0.25, 0.3) is 0 Å². The maximum atomic E-state index is 12.2. The van der Waals surface area contributed by atoms with Crippen molar-refractivity contribution in [2.45, 2.75) is 45.7 Å². The van der Waals surface area contributed by atoms with Gasteiger partial charge in [-0.2, -0.15) is 13.5 Å². The molecule has 0 aliphatic carbocycles. The lowest BCUT2D eigenvalue weighted by Crippen LogP contribution is -2.47. The molecule has 2 aliphatic heterocycles. The lowest BCUT2D eigenvalue weighted by Gasteiger charge is -2.27. The van der Waals surface area contributed by atoms with E-state index in [1.54, 1.807) is 20.8 Å². The Hall–Kier alpha value is -1.39. The van der Waals surface area contributed by atoms with Crippen molar-refractivity contribution >= 4 is 22.3 Å². The summed E-state index contributed by atoms with van der Waals surface area (Å²) in [5, 5.41) is 0.765. The molecular formula is C12H21N3O6S. The zero-order valence-corrected chi connectivity index (χ0v) is 13.6. The minimum absolute atomic E-state index is 0.0738. The van der Waals surface area contributed by atoms with Crippen LogP contribution in [-0.4, -0.2) is 55.6 Å². The third kappa shape index (κ3) is 3.68. The van der Waals surface area contributed by atoms with Gasteiger partial charge >= 0.3 is 16.4 Å². The summed E-state index contributed by atoms with van der Waals surface area (Å²) >= 11 is 0. The topological polar surface area (TPSA) is 119 Å². The highest BCUT2D eigenvalue weighted by Crippen LogP contribution is 2.31. The van der Waals surface area contributed by atoms with Crippen molar-refractivity contribution in [3.8, 4) is 0 Å². The summed E-state index contributed by atoms with van der Waals surface area (Å²) in [5.41, 5.74) is 4.87. The van der Waals surface area contributed by atoms with Crippen molar-refractivity contribution in [3.05, 3.63) is 0 Å². The molecule has 0 unspecified atom stereocenters. The molecule has 0 aromatic rings. The van der Waals surface area contributed by atoms with Crippen molar-refractivity contribution in [2.75, 3.05) is 13.2 Å². The number of nitrogens with two attached hydrogens (primary N) is 1. The highest BCUT2D eigenvalue weighted by molar-refractivity contribution is 7.81. The molecule has 22 heavy (non-hydrogen) atoms. The van der Waals surface area contributed by atoms with Crippen LogP contribution in [0.2, 0.25) is 0 Å². The van der Waals surface area contributed by atoms with Crippen molar-refractivity contribution < 1.29 is 26.5 Å². The molecule has 10 heteroatoms. The molecule has 2 bridgehead atoms. The molecule has 0 spiro atoms. The van der Waals surface area contributed by atoms with E-state index in [0.717, 1.165) is 5.06 Å². The number of rotatable bonds is 5. The minimum atomic E-state index is -4.35. The highest BCUT2D eigenvalue weighted by atomic mass is 32.3. The van der Waals surface area contributed by atoms with E-state index in [2.05, 4.69) is 0 Å². The van der Waals surface area contributed by atoms with Gasteiger partial charge in [0.1, 0.15) is 6.04 Å². The SMILES string of the molecule is CC(C)(C)COS(=O)(=O)ON1C(=O)N2C[C@H]1CC[C@H]2C(N)=O. The molecule has 2 heterocycles. The van der Waals surface area contributed by atoms with Crippen LogP contribution in [0.4, 0.5) is 4.79 Å². The Balaban J connectivity index is 2.05. The number of nitrogens with zero attached hydrogens (tertiary/aromatic N) is 2. The maximum absolute atomic E-state index is 12.2. The molecule has 0 saturated carbocycles. The molecule has 2 fully saturated rings. The number of primary amides is 1. The molecule has 0 radical (unpaired) electrons. The number of hydroxylamine groups is 2. The summed E-state index contributed by atoms with van der Waals surface area (Å²) in [6.07, 6.45) is 0.819. The van der Waals surface area contributed by atoms with E-state index < -0.39 is 34.4 Å². The molecular weight excluding hydrogens is 314 g/mol. The number of amides is 3. The van der Waals surface area contributed by atoms with Crippen molar-refractivity contribution in [1.82, 2.24) is 9.96 Å². The molecule has 2 N–H and O–H groups in total. The van der Waals surface area contributed by atoms with Gasteiger partial charge in [-0.3, -0.25) is 4.79 Å². The van der Waals surface area contributed by atoms with Gasteiger partial charge < -0.3 is 10.6 Å². The zero-order chi connectivity index (χ0) is 16.7. The highest BCUT2D eigenvalue weighted by Gasteiger charge is 2.49. The predicted molar refractivity (Wildman–Crippen MR) is 75.4 cm³/mol. The molecule has 0 aromatic heterocycles. The molecule has 9 nitrogen and oxygen atoms in total. The summed E-state index contributed by atoms with van der Waals surface area (Å²) in [6, 6.07) is -1.85. The second-order valence-electron chi connectivity index (χ2n) is 6.72. The summed E-state index contributed by atoms with van der Waals surface area (Å²) < 4.78 is 33.2. The quantitative estimate of drug-likeness (QED) is 0.754. The molecule has 2 saturated heterocycles. The Bertz CT molecular complexity index is 570. The average molecular weight is 335 g/mol. The molecule has 2 rings (SSSR count). The first-order chi connectivity index (χ1) is 10.0. The Kier molecular flexibility index (Phi) is 4.37. The fraction of sp³-hybridized carbons (Fsp3) is 0.833. The van der Waals surface area contributed by atoms with Gasteiger partial charge in [0.2, 0.25) is 5.91 Å². The molecule has 0 aromatic carbocycles. The van der Waals surface area contributed by atoms with Gasteiger partial charge in [0.25, 0.3) is 0 Å². The van der Waals surface area contributed by atoms with Crippen LogP contribution in [0.1, 0.15) is 33.6 Å². The van der Waals surface area contributed by atoms with Crippen LogP contribution in [0.15, 0.2) is 0 Å². The molecule has 3 amide bonds. The van der Waals surface area contributed by atoms with Crippen LogP contribution in [0.3, 0.4) is 0 Å². The second kappa shape index (κ2) is 5.67. The Morgan fingerprint density at radius 3 is 2.55 bits per heavy atom. The van der Waals surface area contributed by atoms with Gasteiger partial charge in [0, 0.05) is 6.54 Å². The van der Waals surface area contributed by atoms with Gasteiger partial charge in [0.15, 0.2) is 0 Å². The monoisotopic (exact) mass is 335 g/mol. The molecule has 2 atom stereocenters. The van der Waals surface area contributed by atoms with E-state index in [-0.39, 0.29) is 18.6 Å². The lowest BCUT2D eigenvalue weighted by atomic mass is 9.99. The van der Waals surface area contributed by atoms with Gasteiger partial charge in [-0.15, -0.1) is 4.28 Å². The number of piperidine rings is 1. The van der Waals surface area contributed by atoms with E-state index in [4.69, 9.17) is 14.2 Å². The largest absolute Gasteiger partial charge is 0.421 e. The van der Waals surface area contributed by atoms with Crippen LogP contribution in [0.5, 0.6) is 0 Å². The van der Waals surface area contributed by atoms with Gasteiger partial charge in [-0.05, 0) is 18.3 Å². The van der Waals surface area contributed by atoms with Crippen LogP contribution >= 0.6 is 0 Å². The Morgan fingerprint density at radius 1 is 1.36 bits per heavy atom. The van der Waals surface area contributed by atoms with Crippen LogP contribution < -0.4 is 5.73 Å². The number of carbonyl (C=O) groups excluding carboxylic acids is 2. The Morgan fingerprint density at radius 2 is 2.00 bits per heavy atom. The smallest absolute Gasteiger partial charge is 0.368 e. The van der Waals surface area contributed by atoms with E-state index in [0.29, 0.717) is 12.8 Å². The third-order valence-electron chi connectivity index (χ3n) is 3.46. The van der Waals surface area contributed by atoms with E-state index in [1.165, 1.54) is 4.90 Å². The van der Waals surface area contributed by atoms with E-state index in [1.807, 2.05) is 0 Å². The average Bonchev–Trinajstić information content (AvgIpc) is 2.61. The van der Waals surface area contributed by atoms with E-state index >= 15 is 0 Å². The van der Waals surface area contributed by atoms with Crippen molar-refractivity contribution in [1.29, 1.82) is 0 Å². The molecule has 126 valence electrons. The zero-order valence-electron chi connectivity index (χ0n) is 12.8. The van der Waals surface area contributed by atoms with Gasteiger partial charge in [-0.25, -0.2) is 8.98 Å². The predicted octanol–water partition coefficient (Wildman–Crippen LogP) is -0.0206. The summed E-state index contributed by atoms with van der Waals surface area (Å²) in [6.45, 7) is 5.55. The Labute approximate surface area is 129 Å². The van der Waals surface area contributed by atoms with Gasteiger partial charge in [0.05, 0.1) is 12.6 Å². The van der Waals surface area contributed by atoms with Gasteiger partial charge in [-0.1, -0.05) is 20.8 Å². The number of hydrogen-bond acceptors (Lipinski definition) is 6. The number of fused-ring (bicyclic) bond motifs is 2. The fourth-order valence-corrected chi connectivity index (χ4v) is 3.32. The van der Waals surface area contributed by atoms with Crippen molar-refractivity contribution in [2.24, 2.45) is 11.1 Å². The van der Waals surface area contributed by atoms with Crippen molar-refractivity contribution in [3.63, 3.8) is 0 Å². The van der Waals surface area contributed by atoms with E-state index in [9.17, 15) is 18.0 Å². The molecule has 2 aliphatic rings. The summed E-state index contributed by atoms with van der Waals surface area (Å²) in [7, 11) is -4.35. The summed E-state index contributed by atoms with van der Waals surface area (Å²) in [4.78, 5) is 24.7. The number of carbonyl (C=O) groups is 2. The first-order valence-corrected chi connectivity index (χ1v) is 8.31. The first kappa shape index (κ1) is 17.0. The summed E-state index contributed by atoms with van der Waals surface area (Å²) in [5.74, 6) is -0.611. The minimum Gasteiger partial charge on any atom is -0.368 e. The van der Waals surface area contributed by atoms with Crippen LogP contribution in [0, 0.1) is 5.41 Å². The second-order valence-corrected chi connectivity index (χ2v) is 7.92. The maximum Gasteiger partial charge on any atom is 0.421 e. The first-order valence-electron chi connectivity index (χ1n) is 6.98. The standard InChI is InChI=1S/C12H21N3O6S/c1-12(2,3)7-20-22(18,19)21-15-8-4-5-9(10(13)16)14(6-8)11(15)17/h8-9H,4-7H2,1-3H3,(H2,13,16)/t8-,9+/m1/s1. The number of urea groups is 1. The lowest BCUT2D eigenvalue weighted by molar-refractivity contribution is -0.122.